The van der Waals surface area contributed by atoms with Crippen molar-refractivity contribution in [3.05, 3.63) is 45.8 Å². The fraction of sp³-hybridized carbons (Fsp3) is 0.278. The highest BCUT2D eigenvalue weighted by molar-refractivity contribution is 7.90. The first-order valence-electron chi connectivity index (χ1n) is 8.24. The van der Waals surface area contributed by atoms with Gasteiger partial charge in [-0.3, -0.25) is 4.79 Å². The quantitative estimate of drug-likeness (QED) is 0.816. The normalized spacial score (nSPS) is 13.4. The molecule has 1 aliphatic rings. The molecule has 3 rings (SSSR count). The van der Waals surface area contributed by atoms with Gasteiger partial charge in [-0.15, -0.1) is 11.3 Å². The predicted molar refractivity (Wildman–Crippen MR) is 103 cm³/mol. The molecule has 2 amide bonds. The molecular formula is C18H17N3O5S2. The summed E-state index contributed by atoms with van der Waals surface area (Å²) in [6.07, 6.45) is 1.05. The van der Waals surface area contributed by atoms with E-state index in [1.807, 2.05) is 0 Å². The smallest absolute Gasteiger partial charge is 0.409 e. The summed E-state index contributed by atoms with van der Waals surface area (Å²) in [7, 11) is -2.29. The standard InChI is InChI=1S/C18H17N3O5S2/c1-26-18(23)21-8-7-11-13(9-19)17(27-14(11)10-21)20-16(22)12-5-3-4-6-15(12)28(2,24)25/h3-6H,7-8,10H2,1-2H3,(H,20,22). The molecule has 0 bridgehead atoms. The molecular weight excluding hydrogens is 402 g/mol. The van der Waals surface area contributed by atoms with Gasteiger partial charge in [-0.1, -0.05) is 12.1 Å². The minimum Gasteiger partial charge on any atom is -0.453 e. The molecule has 0 spiro atoms. The molecule has 146 valence electrons. The average Bonchev–Trinajstić information content (AvgIpc) is 3.02. The summed E-state index contributed by atoms with van der Waals surface area (Å²) in [5, 5.41) is 12.6. The van der Waals surface area contributed by atoms with Crippen LogP contribution in [-0.4, -0.2) is 45.2 Å². The van der Waals surface area contributed by atoms with E-state index in [1.165, 1.54) is 35.5 Å². The highest BCUT2D eigenvalue weighted by Crippen LogP contribution is 2.37. The largest absolute Gasteiger partial charge is 0.453 e. The van der Waals surface area contributed by atoms with Crippen LogP contribution in [0.3, 0.4) is 0 Å². The Labute approximate surface area is 166 Å². The summed E-state index contributed by atoms with van der Waals surface area (Å²) in [5.74, 6) is -0.610. The van der Waals surface area contributed by atoms with Crippen LogP contribution in [0.1, 0.15) is 26.4 Å². The number of methoxy groups -OCH3 is 1. The number of nitriles is 1. The Balaban J connectivity index is 1.93. The number of nitrogens with zero attached hydrogens (tertiary/aromatic N) is 2. The van der Waals surface area contributed by atoms with Gasteiger partial charge in [0, 0.05) is 17.7 Å². The van der Waals surface area contributed by atoms with Crippen molar-refractivity contribution in [3.8, 4) is 6.07 Å². The number of carbonyl (C=O) groups is 2. The minimum atomic E-state index is -3.59. The number of hydrogen-bond acceptors (Lipinski definition) is 7. The van der Waals surface area contributed by atoms with Crippen LogP contribution < -0.4 is 5.32 Å². The molecule has 0 unspecified atom stereocenters. The molecule has 1 aromatic heterocycles. The summed E-state index contributed by atoms with van der Waals surface area (Å²) >= 11 is 1.20. The monoisotopic (exact) mass is 419 g/mol. The lowest BCUT2D eigenvalue weighted by Gasteiger charge is -2.25. The number of fused-ring (bicyclic) bond motifs is 1. The van der Waals surface area contributed by atoms with Crippen molar-refractivity contribution in [2.75, 3.05) is 25.2 Å². The maximum Gasteiger partial charge on any atom is 0.409 e. The Kier molecular flexibility index (Phi) is 5.40. The molecule has 8 nitrogen and oxygen atoms in total. The van der Waals surface area contributed by atoms with Gasteiger partial charge < -0.3 is 15.0 Å². The lowest BCUT2D eigenvalue weighted by atomic mass is 10.0. The van der Waals surface area contributed by atoms with E-state index >= 15 is 0 Å². The zero-order valence-corrected chi connectivity index (χ0v) is 16.8. The molecule has 0 aliphatic carbocycles. The molecule has 1 aliphatic heterocycles. The predicted octanol–water partition coefficient (Wildman–Crippen LogP) is 2.40. The number of ether oxygens (including phenoxy) is 1. The summed E-state index contributed by atoms with van der Waals surface area (Å²) in [6.45, 7) is 0.701. The molecule has 10 heteroatoms. The number of carbonyl (C=O) groups excluding carboxylic acids is 2. The number of anilines is 1. The van der Waals surface area contributed by atoms with Crippen LogP contribution in [0.5, 0.6) is 0 Å². The Morgan fingerprint density at radius 2 is 2.04 bits per heavy atom. The van der Waals surface area contributed by atoms with E-state index in [4.69, 9.17) is 4.74 Å². The number of amides is 2. The zero-order valence-electron chi connectivity index (χ0n) is 15.2. The van der Waals surface area contributed by atoms with Crippen molar-refractivity contribution in [1.82, 2.24) is 4.90 Å². The van der Waals surface area contributed by atoms with Crippen molar-refractivity contribution < 1.29 is 22.7 Å². The lowest BCUT2D eigenvalue weighted by molar-refractivity contribution is 0.102. The van der Waals surface area contributed by atoms with E-state index in [-0.39, 0.29) is 17.0 Å². The number of benzene rings is 1. The summed E-state index contributed by atoms with van der Waals surface area (Å²) in [5.41, 5.74) is 1.14. The van der Waals surface area contributed by atoms with Crippen LogP contribution >= 0.6 is 11.3 Å². The van der Waals surface area contributed by atoms with Crippen molar-refractivity contribution >= 4 is 38.2 Å². The van der Waals surface area contributed by atoms with Gasteiger partial charge in [0.1, 0.15) is 11.1 Å². The molecule has 0 radical (unpaired) electrons. The van der Waals surface area contributed by atoms with Gasteiger partial charge in [0.05, 0.1) is 29.7 Å². The zero-order chi connectivity index (χ0) is 20.5. The number of rotatable bonds is 3. The first-order chi connectivity index (χ1) is 13.3. The van der Waals surface area contributed by atoms with Gasteiger partial charge >= 0.3 is 6.09 Å². The Hall–Kier alpha value is -2.90. The average molecular weight is 419 g/mol. The topological polar surface area (TPSA) is 117 Å². The second kappa shape index (κ2) is 7.61. The van der Waals surface area contributed by atoms with E-state index in [0.717, 1.165) is 16.7 Å². The second-order valence-corrected chi connectivity index (χ2v) is 9.27. The number of sulfone groups is 1. The van der Waals surface area contributed by atoms with Crippen LogP contribution in [0.4, 0.5) is 9.80 Å². The van der Waals surface area contributed by atoms with Gasteiger partial charge in [0.2, 0.25) is 0 Å². The maximum atomic E-state index is 12.7. The fourth-order valence-corrected chi connectivity index (χ4v) is 5.14. The van der Waals surface area contributed by atoms with Crippen molar-refractivity contribution in [1.29, 1.82) is 5.26 Å². The molecule has 2 aromatic rings. The molecule has 0 saturated carbocycles. The highest BCUT2D eigenvalue weighted by Gasteiger charge is 2.28. The van der Waals surface area contributed by atoms with Gasteiger partial charge in [0.25, 0.3) is 5.91 Å². The van der Waals surface area contributed by atoms with E-state index in [1.54, 1.807) is 12.1 Å². The van der Waals surface area contributed by atoms with Crippen LogP contribution in [-0.2, 0) is 27.5 Å². The molecule has 2 heterocycles. The van der Waals surface area contributed by atoms with Gasteiger partial charge in [-0.25, -0.2) is 13.2 Å². The van der Waals surface area contributed by atoms with E-state index in [9.17, 15) is 23.3 Å². The summed E-state index contributed by atoms with van der Waals surface area (Å²) in [6, 6.07) is 8.00. The van der Waals surface area contributed by atoms with Crippen LogP contribution in [0, 0.1) is 11.3 Å². The molecule has 0 atom stereocenters. The van der Waals surface area contributed by atoms with Crippen molar-refractivity contribution in [2.45, 2.75) is 17.9 Å². The molecule has 1 N–H and O–H groups in total. The molecule has 0 saturated heterocycles. The van der Waals surface area contributed by atoms with Crippen LogP contribution in [0.25, 0.3) is 0 Å². The molecule has 1 aromatic carbocycles. The van der Waals surface area contributed by atoms with E-state index < -0.39 is 21.8 Å². The lowest BCUT2D eigenvalue weighted by Crippen LogP contribution is -2.35. The van der Waals surface area contributed by atoms with E-state index in [0.29, 0.717) is 23.5 Å². The Morgan fingerprint density at radius 3 is 2.68 bits per heavy atom. The van der Waals surface area contributed by atoms with E-state index in [2.05, 4.69) is 11.4 Å². The van der Waals surface area contributed by atoms with Crippen molar-refractivity contribution in [3.63, 3.8) is 0 Å². The number of hydrogen-bond donors (Lipinski definition) is 1. The maximum absolute atomic E-state index is 12.7. The SMILES string of the molecule is COC(=O)N1CCc2c(sc(NC(=O)c3ccccc3S(C)(=O)=O)c2C#N)C1. The Morgan fingerprint density at radius 1 is 1.32 bits per heavy atom. The number of nitrogens with one attached hydrogen (secondary N) is 1. The first-order valence-corrected chi connectivity index (χ1v) is 10.9. The van der Waals surface area contributed by atoms with Crippen molar-refractivity contribution in [2.24, 2.45) is 0 Å². The third-order valence-corrected chi connectivity index (χ3v) is 6.65. The molecule has 28 heavy (non-hydrogen) atoms. The number of thiophene rings is 1. The van der Waals surface area contributed by atoms with Gasteiger partial charge in [-0.05, 0) is 24.1 Å². The van der Waals surface area contributed by atoms with Crippen LogP contribution in [0.2, 0.25) is 0 Å². The first kappa shape index (κ1) is 19.9. The molecule has 0 fully saturated rings. The van der Waals surface area contributed by atoms with Crippen LogP contribution in [0.15, 0.2) is 29.2 Å². The summed E-state index contributed by atoms with van der Waals surface area (Å²) < 4.78 is 28.6. The summed E-state index contributed by atoms with van der Waals surface area (Å²) in [4.78, 5) is 26.7. The Bertz CT molecular complexity index is 1100. The third kappa shape index (κ3) is 3.72. The highest BCUT2D eigenvalue weighted by atomic mass is 32.2. The van der Waals surface area contributed by atoms with Gasteiger partial charge in [0.15, 0.2) is 9.84 Å². The fourth-order valence-electron chi connectivity index (χ4n) is 3.04. The van der Waals surface area contributed by atoms with Gasteiger partial charge in [-0.2, -0.15) is 5.26 Å². The second-order valence-electron chi connectivity index (χ2n) is 6.18. The minimum absolute atomic E-state index is 0.0106. The third-order valence-electron chi connectivity index (χ3n) is 4.36.